The van der Waals surface area contributed by atoms with E-state index in [4.69, 9.17) is 4.42 Å². The lowest BCUT2D eigenvalue weighted by molar-refractivity contribution is -0.388. The molecule has 0 saturated carbocycles. The number of rotatable bonds is 5. The van der Waals surface area contributed by atoms with Gasteiger partial charge in [0, 0.05) is 20.4 Å². The Kier molecular flexibility index (Phi) is 3.50. The van der Waals surface area contributed by atoms with E-state index >= 15 is 0 Å². The van der Waals surface area contributed by atoms with Gasteiger partial charge in [-0.25, -0.2) is 4.98 Å². The number of anilines is 1. The van der Waals surface area contributed by atoms with Crippen molar-refractivity contribution in [2.24, 2.45) is 7.05 Å². The smallest absolute Gasteiger partial charge is 0.406 e. The molecule has 2 aromatic rings. The van der Waals surface area contributed by atoms with Crippen molar-refractivity contribution in [3.63, 3.8) is 0 Å². The molecule has 0 unspecified atom stereocenters. The summed E-state index contributed by atoms with van der Waals surface area (Å²) in [4.78, 5) is 18.4. The first-order valence-corrected chi connectivity index (χ1v) is 5.88. The summed E-state index contributed by atoms with van der Waals surface area (Å²) in [6.45, 7) is 3.95. The van der Waals surface area contributed by atoms with Gasteiger partial charge in [-0.3, -0.25) is 4.57 Å². The van der Waals surface area contributed by atoms with Gasteiger partial charge >= 0.3 is 5.82 Å². The number of nitrogens with zero attached hydrogens (tertiary/aromatic N) is 4. The monoisotopic (exact) mass is 265 g/mol. The topological polar surface area (TPSA) is 99.0 Å². The lowest BCUT2D eigenvalue weighted by atomic mass is 10.4. The van der Waals surface area contributed by atoms with Crippen molar-refractivity contribution in [3.05, 3.63) is 33.8 Å². The largest absolute Gasteiger partial charge is 0.444 e. The van der Waals surface area contributed by atoms with E-state index in [-0.39, 0.29) is 12.4 Å². The molecule has 2 aromatic heterocycles. The minimum absolute atomic E-state index is 0.192. The molecule has 19 heavy (non-hydrogen) atoms. The molecule has 102 valence electrons. The lowest BCUT2D eigenvalue weighted by Crippen LogP contribution is -2.06. The van der Waals surface area contributed by atoms with Crippen molar-refractivity contribution in [2.75, 3.05) is 5.32 Å². The molecule has 8 heteroatoms. The molecule has 0 aliphatic rings. The van der Waals surface area contributed by atoms with Crippen LogP contribution >= 0.6 is 0 Å². The molecular formula is C11H15N5O3. The molecule has 0 saturated heterocycles. The molecule has 0 radical (unpaired) electrons. The molecule has 1 N–H and O–H groups in total. The fourth-order valence-corrected chi connectivity index (χ4v) is 1.67. The molecular weight excluding hydrogens is 250 g/mol. The van der Waals surface area contributed by atoms with Crippen molar-refractivity contribution >= 4 is 11.6 Å². The molecule has 0 atom stereocenters. The first-order chi connectivity index (χ1) is 9.02. The van der Waals surface area contributed by atoms with Crippen LogP contribution in [0.1, 0.15) is 24.4 Å². The first-order valence-electron chi connectivity index (χ1n) is 5.88. The van der Waals surface area contributed by atoms with E-state index in [9.17, 15) is 10.1 Å². The second-order valence-corrected chi connectivity index (χ2v) is 4.07. The summed E-state index contributed by atoms with van der Waals surface area (Å²) in [5.41, 5.74) is 0. The highest BCUT2D eigenvalue weighted by molar-refractivity contribution is 5.53. The summed E-state index contributed by atoms with van der Waals surface area (Å²) in [6, 6.07) is 0. The Hall–Kier alpha value is -2.38. The molecule has 2 rings (SSSR count). The van der Waals surface area contributed by atoms with Crippen molar-refractivity contribution in [2.45, 2.75) is 26.8 Å². The van der Waals surface area contributed by atoms with Crippen LogP contribution in [0.2, 0.25) is 0 Å². The van der Waals surface area contributed by atoms with Crippen LogP contribution in [-0.4, -0.2) is 19.5 Å². The molecule has 0 aromatic carbocycles. The van der Waals surface area contributed by atoms with Crippen LogP contribution < -0.4 is 5.32 Å². The van der Waals surface area contributed by atoms with Crippen molar-refractivity contribution in [3.8, 4) is 0 Å². The number of nitro groups is 1. The standard InChI is InChI=1S/C11H15N5O3/c1-4-8-5-12-9(19-8)6-13-10-11(16(17)18)14-7(2)15(10)3/h5,13H,4,6H2,1-3H3. The minimum atomic E-state index is -0.512. The molecule has 0 bridgehead atoms. The van der Waals surface area contributed by atoms with Crippen LogP contribution in [0.4, 0.5) is 11.6 Å². The van der Waals surface area contributed by atoms with Gasteiger partial charge in [0.1, 0.15) is 5.76 Å². The summed E-state index contributed by atoms with van der Waals surface area (Å²) in [7, 11) is 1.71. The van der Waals surface area contributed by atoms with E-state index in [0.717, 1.165) is 12.2 Å². The highest BCUT2D eigenvalue weighted by atomic mass is 16.6. The maximum Gasteiger partial charge on any atom is 0.406 e. The Balaban J connectivity index is 2.17. The number of hydrogen-bond donors (Lipinski definition) is 1. The van der Waals surface area contributed by atoms with Crippen LogP contribution in [-0.2, 0) is 20.0 Å². The average molecular weight is 265 g/mol. The highest BCUT2D eigenvalue weighted by Gasteiger charge is 2.23. The summed E-state index contributed by atoms with van der Waals surface area (Å²) in [5.74, 6) is 1.99. The second-order valence-electron chi connectivity index (χ2n) is 4.07. The van der Waals surface area contributed by atoms with Gasteiger partial charge in [-0.15, -0.1) is 0 Å². The first kappa shape index (κ1) is 13.1. The zero-order valence-corrected chi connectivity index (χ0v) is 11.0. The van der Waals surface area contributed by atoms with E-state index in [1.165, 1.54) is 0 Å². The van der Waals surface area contributed by atoms with Gasteiger partial charge in [-0.1, -0.05) is 6.92 Å². The van der Waals surface area contributed by atoms with Gasteiger partial charge in [0.15, 0.2) is 0 Å². The van der Waals surface area contributed by atoms with Crippen LogP contribution in [0.3, 0.4) is 0 Å². The molecule has 0 fully saturated rings. The van der Waals surface area contributed by atoms with Gasteiger partial charge < -0.3 is 19.8 Å². The summed E-state index contributed by atoms with van der Waals surface area (Å²) in [5, 5.41) is 13.8. The predicted octanol–water partition coefficient (Wildman–Crippen LogP) is 1.80. The zero-order chi connectivity index (χ0) is 14.0. The van der Waals surface area contributed by atoms with Crippen LogP contribution in [0.25, 0.3) is 0 Å². The van der Waals surface area contributed by atoms with Crippen molar-refractivity contribution < 1.29 is 9.34 Å². The summed E-state index contributed by atoms with van der Waals surface area (Å²) < 4.78 is 7.06. The summed E-state index contributed by atoms with van der Waals surface area (Å²) >= 11 is 0. The van der Waals surface area contributed by atoms with Gasteiger partial charge in [0.2, 0.25) is 17.5 Å². The average Bonchev–Trinajstić information content (AvgIpc) is 2.94. The predicted molar refractivity (Wildman–Crippen MR) is 67.8 cm³/mol. The van der Waals surface area contributed by atoms with Gasteiger partial charge in [0.25, 0.3) is 0 Å². The van der Waals surface area contributed by atoms with Crippen molar-refractivity contribution in [1.29, 1.82) is 0 Å². The van der Waals surface area contributed by atoms with E-state index in [2.05, 4.69) is 15.3 Å². The molecule has 0 spiro atoms. The van der Waals surface area contributed by atoms with Gasteiger partial charge in [0.05, 0.1) is 12.7 Å². The Morgan fingerprint density at radius 2 is 2.32 bits per heavy atom. The molecule has 0 aliphatic heterocycles. The third kappa shape index (κ3) is 2.56. The normalized spacial score (nSPS) is 10.7. The SMILES string of the molecule is CCc1cnc(CNc2c([N+](=O)[O-])nc(C)n2C)o1. The van der Waals surface area contributed by atoms with Gasteiger partial charge in [-0.05, 0) is 9.91 Å². The molecule has 2 heterocycles. The third-order valence-electron chi connectivity index (χ3n) is 2.83. The lowest BCUT2D eigenvalue weighted by Gasteiger charge is -2.04. The Labute approximate surface area is 109 Å². The quantitative estimate of drug-likeness (QED) is 0.653. The van der Waals surface area contributed by atoms with Gasteiger partial charge in [-0.2, -0.15) is 0 Å². The number of imidazole rings is 1. The second kappa shape index (κ2) is 5.09. The fourth-order valence-electron chi connectivity index (χ4n) is 1.67. The molecule has 0 aliphatic carbocycles. The Morgan fingerprint density at radius 1 is 1.58 bits per heavy atom. The fraction of sp³-hybridized carbons (Fsp3) is 0.455. The maximum absolute atomic E-state index is 10.9. The van der Waals surface area contributed by atoms with Crippen LogP contribution in [0, 0.1) is 17.0 Å². The Bertz CT molecular complexity index is 601. The van der Waals surface area contributed by atoms with E-state index in [1.807, 2.05) is 6.92 Å². The number of nitrogens with one attached hydrogen (secondary N) is 1. The van der Waals surface area contributed by atoms with Crippen molar-refractivity contribution in [1.82, 2.24) is 14.5 Å². The number of oxazole rings is 1. The number of aromatic nitrogens is 3. The highest BCUT2D eigenvalue weighted by Crippen LogP contribution is 2.24. The number of hydrogen-bond acceptors (Lipinski definition) is 6. The van der Waals surface area contributed by atoms with E-state index < -0.39 is 4.92 Å². The maximum atomic E-state index is 10.9. The molecule has 8 nitrogen and oxygen atoms in total. The zero-order valence-electron chi connectivity index (χ0n) is 11.0. The van der Waals surface area contributed by atoms with E-state index in [0.29, 0.717) is 17.5 Å². The summed E-state index contributed by atoms with van der Waals surface area (Å²) in [6.07, 6.45) is 2.41. The third-order valence-corrected chi connectivity index (χ3v) is 2.83. The van der Waals surface area contributed by atoms with E-state index in [1.54, 1.807) is 24.7 Å². The van der Waals surface area contributed by atoms with Crippen LogP contribution in [0.15, 0.2) is 10.6 Å². The Morgan fingerprint density at radius 3 is 2.89 bits per heavy atom. The number of aryl methyl sites for hydroxylation is 2. The van der Waals surface area contributed by atoms with Crippen LogP contribution in [0.5, 0.6) is 0 Å². The minimum Gasteiger partial charge on any atom is -0.444 e. The molecule has 0 amide bonds.